The van der Waals surface area contributed by atoms with Gasteiger partial charge in [-0.1, -0.05) is 52.4 Å². The second kappa shape index (κ2) is 5.57. The zero-order valence-corrected chi connectivity index (χ0v) is 14.4. The summed E-state index contributed by atoms with van der Waals surface area (Å²) in [5, 5.41) is 0. The largest absolute Gasteiger partial charge is 0.0619 e. The molecule has 4 rings (SSSR count). The lowest BCUT2D eigenvalue weighted by Gasteiger charge is -2.49. The first-order valence-corrected chi connectivity index (χ1v) is 10.2. The van der Waals surface area contributed by atoms with Gasteiger partial charge in [-0.15, -0.1) is 0 Å². The van der Waals surface area contributed by atoms with Crippen LogP contribution in [0.1, 0.15) is 90.9 Å². The van der Waals surface area contributed by atoms with Crippen molar-refractivity contribution in [1.29, 1.82) is 0 Å². The van der Waals surface area contributed by atoms with E-state index in [4.69, 9.17) is 0 Å². The van der Waals surface area contributed by atoms with Crippen molar-refractivity contribution in [2.24, 2.45) is 40.9 Å². The van der Waals surface area contributed by atoms with Crippen molar-refractivity contribution in [1.82, 2.24) is 0 Å². The van der Waals surface area contributed by atoms with Gasteiger partial charge in [0.15, 0.2) is 0 Å². The van der Waals surface area contributed by atoms with Crippen LogP contribution >= 0.6 is 0 Å². The van der Waals surface area contributed by atoms with Gasteiger partial charge in [0.1, 0.15) is 0 Å². The Morgan fingerprint density at radius 1 is 0.667 bits per heavy atom. The predicted molar refractivity (Wildman–Crippen MR) is 90.1 cm³/mol. The maximum absolute atomic E-state index is 2.69. The molecule has 4 aliphatic carbocycles. The van der Waals surface area contributed by atoms with Crippen LogP contribution in [0.5, 0.6) is 0 Å². The van der Waals surface area contributed by atoms with E-state index in [2.05, 4.69) is 13.8 Å². The number of hydrogen-bond donors (Lipinski definition) is 0. The Morgan fingerprint density at radius 3 is 2.10 bits per heavy atom. The second-order valence-electron chi connectivity index (χ2n) is 9.46. The third kappa shape index (κ3) is 2.31. The first-order valence-electron chi connectivity index (χ1n) is 10.2. The van der Waals surface area contributed by atoms with Crippen molar-refractivity contribution < 1.29 is 0 Å². The van der Waals surface area contributed by atoms with Gasteiger partial charge in [-0.3, -0.25) is 0 Å². The summed E-state index contributed by atoms with van der Waals surface area (Å²) in [6, 6.07) is 0. The molecule has 0 bridgehead atoms. The summed E-state index contributed by atoms with van der Waals surface area (Å²) < 4.78 is 0. The Kier molecular flexibility index (Phi) is 3.87. The zero-order chi connectivity index (χ0) is 14.4. The van der Waals surface area contributed by atoms with Crippen LogP contribution in [0.4, 0.5) is 0 Å². The fourth-order valence-electron chi connectivity index (χ4n) is 7.71. The van der Waals surface area contributed by atoms with E-state index in [0.717, 1.165) is 35.5 Å². The molecule has 0 spiro atoms. The summed E-state index contributed by atoms with van der Waals surface area (Å²) in [5.41, 5.74) is 0.712. The van der Waals surface area contributed by atoms with Crippen LogP contribution in [-0.4, -0.2) is 0 Å². The van der Waals surface area contributed by atoms with Crippen molar-refractivity contribution in [2.75, 3.05) is 0 Å². The highest BCUT2D eigenvalue weighted by Gasteiger charge is 2.55. The number of fused-ring (bicyclic) bond motifs is 3. The van der Waals surface area contributed by atoms with Crippen molar-refractivity contribution in [2.45, 2.75) is 90.9 Å². The molecule has 4 fully saturated rings. The Morgan fingerprint density at radius 2 is 1.33 bits per heavy atom. The van der Waals surface area contributed by atoms with Crippen LogP contribution in [0.3, 0.4) is 0 Å². The van der Waals surface area contributed by atoms with Crippen LogP contribution in [0.2, 0.25) is 0 Å². The maximum atomic E-state index is 2.69. The van der Waals surface area contributed by atoms with Crippen LogP contribution in [-0.2, 0) is 0 Å². The highest BCUT2D eigenvalue weighted by molar-refractivity contribution is 5.04. The summed E-state index contributed by atoms with van der Waals surface area (Å²) in [7, 11) is 0. The van der Waals surface area contributed by atoms with E-state index in [1.54, 1.807) is 51.4 Å². The molecule has 21 heavy (non-hydrogen) atoms. The molecule has 0 radical (unpaired) electrons. The lowest BCUT2D eigenvalue weighted by molar-refractivity contribution is 0.00157. The fourth-order valence-corrected chi connectivity index (χ4v) is 7.71. The van der Waals surface area contributed by atoms with Gasteiger partial charge in [0.2, 0.25) is 0 Å². The van der Waals surface area contributed by atoms with Gasteiger partial charge >= 0.3 is 0 Å². The molecule has 0 nitrogen and oxygen atoms in total. The van der Waals surface area contributed by atoms with Crippen LogP contribution in [0.15, 0.2) is 0 Å². The molecule has 0 saturated heterocycles. The van der Waals surface area contributed by atoms with Crippen LogP contribution < -0.4 is 0 Å². The minimum Gasteiger partial charge on any atom is -0.0619 e. The SMILES string of the molecule is CC1C2CCCCC2C2CCCC(C3(C)CCCCC3)C12. The van der Waals surface area contributed by atoms with Gasteiger partial charge < -0.3 is 0 Å². The third-order valence-electron chi connectivity index (χ3n) is 8.61. The summed E-state index contributed by atoms with van der Waals surface area (Å²) >= 11 is 0. The molecule has 6 unspecified atom stereocenters. The molecule has 0 aliphatic heterocycles. The molecule has 0 aromatic heterocycles. The molecule has 0 heterocycles. The van der Waals surface area contributed by atoms with Crippen LogP contribution in [0, 0.1) is 40.9 Å². The molecule has 0 aromatic carbocycles. The Bertz CT molecular complexity index is 364. The standard InChI is InChI=1S/C21H36/c1-15-16-9-4-5-10-17(16)18-11-8-12-19(20(15)18)21(2)13-6-3-7-14-21/h15-20H,3-14H2,1-2H3. The molecule has 4 saturated carbocycles. The average molecular weight is 289 g/mol. The van der Waals surface area contributed by atoms with Crippen molar-refractivity contribution >= 4 is 0 Å². The van der Waals surface area contributed by atoms with E-state index in [-0.39, 0.29) is 0 Å². The van der Waals surface area contributed by atoms with Crippen LogP contribution in [0.25, 0.3) is 0 Å². The normalized spacial score (nSPS) is 49.4. The van der Waals surface area contributed by atoms with Gasteiger partial charge in [0.25, 0.3) is 0 Å². The smallest absolute Gasteiger partial charge is 0.0295 e. The van der Waals surface area contributed by atoms with Gasteiger partial charge in [0, 0.05) is 0 Å². The predicted octanol–water partition coefficient (Wildman–Crippen LogP) is 6.45. The van der Waals surface area contributed by atoms with E-state index in [1.165, 1.54) is 25.7 Å². The van der Waals surface area contributed by atoms with E-state index in [9.17, 15) is 0 Å². The van der Waals surface area contributed by atoms with E-state index >= 15 is 0 Å². The number of hydrogen-bond acceptors (Lipinski definition) is 0. The molecule has 6 atom stereocenters. The van der Waals surface area contributed by atoms with Gasteiger partial charge in [-0.05, 0) is 79.4 Å². The summed E-state index contributed by atoms with van der Waals surface area (Å²) in [6.45, 7) is 5.35. The highest BCUT2D eigenvalue weighted by atomic mass is 14.6. The Hall–Kier alpha value is 0. The van der Waals surface area contributed by atoms with Crippen molar-refractivity contribution in [3.8, 4) is 0 Å². The van der Waals surface area contributed by atoms with Crippen molar-refractivity contribution in [3.05, 3.63) is 0 Å². The summed E-state index contributed by atoms with van der Waals surface area (Å²) in [4.78, 5) is 0. The zero-order valence-electron chi connectivity index (χ0n) is 14.4. The quantitative estimate of drug-likeness (QED) is 0.520. The number of rotatable bonds is 1. The van der Waals surface area contributed by atoms with E-state index in [1.807, 2.05) is 0 Å². The maximum Gasteiger partial charge on any atom is -0.0295 e. The Labute approximate surface area is 132 Å². The first-order chi connectivity index (χ1) is 10.2. The van der Waals surface area contributed by atoms with Gasteiger partial charge in [-0.2, -0.15) is 0 Å². The lowest BCUT2D eigenvalue weighted by Crippen LogP contribution is -2.41. The Balaban J connectivity index is 1.61. The fraction of sp³-hybridized carbons (Fsp3) is 1.00. The summed E-state index contributed by atoms with van der Waals surface area (Å²) in [5.74, 6) is 6.61. The van der Waals surface area contributed by atoms with Gasteiger partial charge in [-0.25, -0.2) is 0 Å². The van der Waals surface area contributed by atoms with Gasteiger partial charge in [0.05, 0.1) is 0 Å². The monoisotopic (exact) mass is 288 g/mol. The van der Waals surface area contributed by atoms with E-state index in [0.29, 0.717) is 5.41 Å². The summed E-state index contributed by atoms with van der Waals surface area (Å²) in [6.07, 6.45) is 18.6. The lowest BCUT2D eigenvalue weighted by atomic mass is 9.56. The molecule has 0 N–H and O–H groups in total. The second-order valence-corrected chi connectivity index (χ2v) is 9.46. The molecule has 0 amide bonds. The minimum absolute atomic E-state index is 0.712. The molecular formula is C21H36. The average Bonchev–Trinajstić information content (AvgIpc) is 2.82. The molecule has 120 valence electrons. The highest BCUT2D eigenvalue weighted by Crippen LogP contribution is 2.63. The molecule has 0 heteroatoms. The van der Waals surface area contributed by atoms with Crippen molar-refractivity contribution in [3.63, 3.8) is 0 Å². The third-order valence-corrected chi connectivity index (χ3v) is 8.61. The first kappa shape index (κ1) is 14.6. The molecular weight excluding hydrogens is 252 g/mol. The van der Waals surface area contributed by atoms with E-state index < -0.39 is 0 Å². The minimum atomic E-state index is 0.712. The molecule has 4 aliphatic rings. The topological polar surface area (TPSA) is 0 Å². The molecule has 0 aromatic rings.